The SMILES string of the molecule is C=C[C@@H](OC)[C@H](OC(=O)Nc1ccc(F)cc1F)c1ccc(OCCO)cc1. The Morgan fingerprint density at radius 2 is 1.96 bits per heavy atom. The number of halogens is 2. The molecule has 2 N–H and O–H groups in total. The molecule has 0 aromatic heterocycles. The number of anilines is 1. The second-order valence-electron chi connectivity index (χ2n) is 5.65. The molecule has 150 valence electrons. The van der Waals surface area contributed by atoms with Crippen LogP contribution in [0.3, 0.4) is 0 Å². The van der Waals surface area contributed by atoms with E-state index >= 15 is 0 Å². The number of nitrogens with one attached hydrogen (secondary N) is 1. The lowest BCUT2D eigenvalue weighted by Crippen LogP contribution is -2.26. The normalized spacial score (nSPS) is 12.7. The molecule has 2 rings (SSSR count). The maximum atomic E-state index is 13.7. The molecule has 0 aliphatic heterocycles. The van der Waals surface area contributed by atoms with Crippen molar-refractivity contribution in [1.29, 1.82) is 0 Å². The maximum Gasteiger partial charge on any atom is 0.412 e. The highest BCUT2D eigenvalue weighted by atomic mass is 19.1. The van der Waals surface area contributed by atoms with E-state index in [1.54, 1.807) is 24.3 Å². The van der Waals surface area contributed by atoms with E-state index in [0.29, 0.717) is 17.4 Å². The average molecular weight is 393 g/mol. The molecular formula is C20H21F2NO5. The highest BCUT2D eigenvalue weighted by Gasteiger charge is 2.25. The number of amides is 1. The van der Waals surface area contributed by atoms with Crippen LogP contribution in [-0.4, -0.2) is 37.6 Å². The number of methoxy groups -OCH3 is 1. The van der Waals surface area contributed by atoms with Crippen LogP contribution in [0.4, 0.5) is 19.3 Å². The number of rotatable bonds is 9. The van der Waals surface area contributed by atoms with E-state index in [-0.39, 0.29) is 18.9 Å². The Balaban J connectivity index is 2.16. The Kier molecular flexibility index (Phi) is 7.91. The molecule has 0 fully saturated rings. The molecule has 0 saturated heterocycles. The minimum absolute atomic E-state index is 0.115. The van der Waals surface area contributed by atoms with Crippen LogP contribution in [0.5, 0.6) is 5.75 Å². The summed E-state index contributed by atoms with van der Waals surface area (Å²) in [7, 11) is 1.43. The quantitative estimate of drug-likeness (QED) is 0.634. The lowest BCUT2D eigenvalue weighted by molar-refractivity contribution is 0.00597. The molecule has 28 heavy (non-hydrogen) atoms. The molecule has 2 atom stereocenters. The summed E-state index contributed by atoms with van der Waals surface area (Å²) in [6.45, 7) is 3.70. The third-order valence-electron chi connectivity index (χ3n) is 3.77. The summed E-state index contributed by atoms with van der Waals surface area (Å²) in [5.41, 5.74) is 0.364. The monoisotopic (exact) mass is 393 g/mol. The first kappa shape index (κ1) is 21.3. The van der Waals surface area contributed by atoms with Crippen LogP contribution < -0.4 is 10.1 Å². The standard InChI is InChI=1S/C20H21F2NO5/c1-3-18(26-2)19(13-4-7-15(8-5-13)27-11-10-24)28-20(25)23-17-9-6-14(21)12-16(17)22/h3-9,12,18-19,24H,1,10-11H2,2H3,(H,23,25)/t18-,19-/m1/s1. The molecule has 6 nitrogen and oxygen atoms in total. The molecule has 2 aromatic carbocycles. The van der Waals surface area contributed by atoms with Gasteiger partial charge in [0.05, 0.1) is 12.3 Å². The van der Waals surface area contributed by atoms with Crippen LogP contribution in [-0.2, 0) is 9.47 Å². The first-order valence-electron chi connectivity index (χ1n) is 8.40. The highest BCUT2D eigenvalue weighted by Crippen LogP contribution is 2.27. The number of hydrogen-bond donors (Lipinski definition) is 2. The zero-order chi connectivity index (χ0) is 20.5. The molecule has 0 bridgehead atoms. The molecule has 0 heterocycles. The van der Waals surface area contributed by atoms with E-state index in [4.69, 9.17) is 19.3 Å². The van der Waals surface area contributed by atoms with E-state index in [0.717, 1.165) is 12.1 Å². The van der Waals surface area contributed by atoms with Crippen LogP contribution in [0, 0.1) is 11.6 Å². The van der Waals surface area contributed by atoms with Crippen LogP contribution in [0.25, 0.3) is 0 Å². The Hall–Kier alpha value is -2.97. The van der Waals surface area contributed by atoms with Crippen LogP contribution in [0.15, 0.2) is 55.1 Å². The van der Waals surface area contributed by atoms with Crippen molar-refractivity contribution in [2.45, 2.75) is 12.2 Å². The summed E-state index contributed by atoms with van der Waals surface area (Å²) >= 11 is 0. The fourth-order valence-electron chi connectivity index (χ4n) is 2.43. The summed E-state index contributed by atoms with van der Waals surface area (Å²) in [5.74, 6) is -1.16. The zero-order valence-corrected chi connectivity index (χ0v) is 15.2. The molecule has 2 aromatic rings. The Bertz CT molecular complexity index is 798. The molecule has 0 spiro atoms. The van der Waals surface area contributed by atoms with Gasteiger partial charge in [0.2, 0.25) is 0 Å². The smallest absolute Gasteiger partial charge is 0.412 e. The maximum absolute atomic E-state index is 13.7. The Morgan fingerprint density at radius 1 is 1.25 bits per heavy atom. The number of hydrogen-bond acceptors (Lipinski definition) is 5. The molecule has 0 radical (unpaired) electrons. The predicted octanol–water partition coefficient (Wildman–Crippen LogP) is 3.83. The van der Waals surface area contributed by atoms with Crippen molar-refractivity contribution >= 4 is 11.8 Å². The summed E-state index contributed by atoms with van der Waals surface area (Å²) in [4.78, 5) is 12.2. The van der Waals surface area contributed by atoms with Crippen LogP contribution in [0.1, 0.15) is 11.7 Å². The van der Waals surface area contributed by atoms with E-state index in [9.17, 15) is 13.6 Å². The number of ether oxygens (including phenoxy) is 3. The van der Waals surface area contributed by atoms with E-state index in [1.807, 2.05) is 0 Å². The number of aliphatic hydroxyl groups excluding tert-OH is 1. The van der Waals surface area contributed by atoms with Crippen molar-refractivity contribution < 1.29 is 32.9 Å². The Morgan fingerprint density at radius 3 is 2.54 bits per heavy atom. The fraction of sp³-hybridized carbons (Fsp3) is 0.250. The topological polar surface area (TPSA) is 77.0 Å². The summed E-state index contributed by atoms with van der Waals surface area (Å²) in [5, 5.41) is 11.0. The van der Waals surface area contributed by atoms with Gasteiger partial charge in [-0.15, -0.1) is 6.58 Å². The molecule has 1 amide bonds. The van der Waals surface area contributed by atoms with Gasteiger partial charge >= 0.3 is 6.09 Å². The minimum Gasteiger partial charge on any atom is -0.491 e. The van der Waals surface area contributed by atoms with E-state index in [2.05, 4.69) is 11.9 Å². The van der Waals surface area contributed by atoms with E-state index in [1.165, 1.54) is 13.2 Å². The van der Waals surface area contributed by atoms with Gasteiger partial charge in [-0.05, 0) is 29.8 Å². The number of carbonyl (C=O) groups is 1. The minimum atomic E-state index is -0.944. The van der Waals surface area contributed by atoms with Crippen molar-refractivity contribution in [3.05, 3.63) is 72.3 Å². The van der Waals surface area contributed by atoms with Gasteiger partial charge < -0.3 is 19.3 Å². The second kappa shape index (κ2) is 10.4. The first-order chi connectivity index (χ1) is 13.5. The number of aliphatic hydroxyl groups is 1. The summed E-state index contributed by atoms with van der Waals surface area (Å²) in [6.07, 6.45) is -1.03. The molecule has 0 saturated carbocycles. The average Bonchev–Trinajstić information content (AvgIpc) is 2.69. The lowest BCUT2D eigenvalue weighted by atomic mass is 10.0. The van der Waals surface area contributed by atoms with Gasteiger partial charge in [0.1, 0.15) is 30.1 Å². The van der Waals surface area contributed by atoms with Gasteiger partial charge in [-0.25, -0.2) is 13.6 Å². The predicted molar refractivity (Wildman–Crippen MR) is 99.2 cm³/mol. The molecule has 0 aliphatic rings. The van der Waals surface area contributed by atoms with Crippen LogP contribution in [0.2, 0.25) is 0 Å². The van der Waals surface area contributed by atoms with Crippen molar-refractivity contribution in [2.75, 3.05) is 25.6 Å². The third-order valence-corrected chi connectivity index (χ3v) is 3.77. The molecule has 0 aliphatic carbocycles. The molecule has 8 heteroatoms. The summed E-state index contributed by atoms with van der Waals surface area (Å²) in [6, 6.07) is 9.39. The summed E-state index contributed by atoms with van der Waals surface area (Å²) < 4.78 is 42.7. The largest absolute Gasteiger partial charge is 0.491 e. The van der Waals surface area contributed by atoms with Gasteiger partial charge in [-0.3, -0.25) is 5.32 Å². The molecular weight excluding hydrogens is 372 g/mol. The zero-order valence-electron chi connectivity index (χ0n) is 15.2. The number of carbonyl (C=O) groups excluding carboxylic acids is 1. The van der Waals surface area contributed by atoms with Gasteiger partial charge in [-0.2, -0.15) is 0 Å². The number of benzene rings is 2. The second-order valence-corrected chi connectivity index (χ2v) is 5.65. The van der Waals surface area contributed by atoms with Gasteiger partial charge in [0.15, 0.2) is 6.10 Å². The first-order valence-corrected chi connectivity index (χ1v) is 8.40. The lowest BCUT2D eigenvalue weighted by Gasteiger charge is -2.24. The van der Waals surface area contributed by atoms with Gasteiger partial charge in [0, 0.05) is 13.2 Å². The van der Waals surface area contributed by atoms with Gasteiger partial charge in [0.25, 0.3) is 0 Å². The van der Waals surface area contributed by atoms with Crippen molar-refractivity contribution in [3.63, 3.8) is 0 Å². The Labute approximate surface area is 161 Å². The third kappa shape index (κ3) is 5.77. The van der Waals surface area contributed by atoms with Gasteiger partial charge in [-0.1, -0.05) is 18.2 Å². The van der Waals surface area contributed by atoms with Crippen LogP contribution >= 0.6 is 0 Å². The fourth-order valence-corrected chi connectivity index (χ4v) is 2.43. The van der Waals surface area contributed by atoms with Crippen molar-refractivity contribution in [2.24, 2.45) is 0 Å². The van der Waals surface area contributed by atoms with Crippen molar-refractivity contribution in [3.8, 4) is 5.75 Å². The van der Waals surface area contributed by atoms with Crippen molar-refractivity contribution in [1.82, 2.24) is 0 Å². The van der Waals surface area contributed by atoms with E-state index < -0.39 is 29.9 Å². The highest BCUT2D eigenvalue weighted by molar-refractivity contribution is 5.84. The molecule has 0 unspecified atom stereocenters.